The van der Waals surface area contributed by atoms with Gasteiger partial charge in [-0.05, 0) is 20.8 Å². The zero-order valence-corrected chi connectivity index (χ0v) is 12.3. The van der Waals surface area contributed by atoms with Crippen LogP contribution in [0.4, 0.5) is 0 Å². The maximum Gasteiger partial charge on any atom is 0.303 e. The summed E-state index contributed by atoms with van der Waals surface area (Å²) in [6.07, 6.45) is -0.628. The molecule has 0 amide bonds. The summed E-state index contributed by atoms with van der Waals surface area (Å²) in [7, 11) is 0. The van der Waals surface area contributed by atoms with Crippen molar-refractivity contribution in [2.75, 3.05) is 6.61 Å². The number of ether oxygens (including phenoxy) is 5. The topological polar surface area (TPSA) is 63.2 Å². The third kappa shape index (κ3) is 3.20. The number of hydrogen-bond donors (Lipinski definition) is 0. The molecule has 0 aromatic rings. The average molecular weight is 286 g/mol. The molecular formula is C14H22O6. The first kappa shape index (κ1) is 15.4. The summed E-state index contributed by atoms with van der Waals surface area (Å²) in [6.45, 7) is 10.8. The second-order valence-corrected chi connectivity index (χ2v) is 5.47. The van der Waals surface area contributed by atoms with Crippen molar-refractivity contribution >= 4 is 5.97 Å². The lowest BCUT2D eigenvalue weighted by Gasteiger charge is -2.39. The Kier molecular flexibility index (Phi) is 4.49. The molecule has 0 N–H and O–H groups in total. The minimum absolute atomic E-state index is 0.340. The molecule has 0 aromatic carbocycles. The molecule has 114 valence electrons. The molecule has 0 aromatic heterocycles. The van der Waals surface area contributed by atoms with Crippen LogP contribution < -0.4 is 0 Å². The second kappa shape index (κ2) is 5.81. The van der Waals surface area contributed by atoms with E-state index in [4.69, 9.17) is 23.7 Å². The summed E-state index contributed by atoms with van der Waals surface area (Å²) in [6, 6.07) is 0. The first-order chi connectivity index (χ1) is 9.34. The van der Waals surface area contributed by atoms with Crippen LogP contribution in [0.1, 0.15) is 27.7 Å². The number of esters is 1. The highest BCUT2D eigenvalue weighted by Crippen LogP contribution is 2.38. The van der Waals surface area contributed by atoms with E-state index in [-0.39, 0.29) is 12.1 Å². The van der Waals surface area contributed by atoms with Crippen molar-refractivity contribution in [1.82, 2.24) is 0 Å². The van der Waals surface area contributed by atoms with Crippen LogP contribution in [-0.2, 0) is 28.5 Å². The van der Waals surface area contributed by atoms with Crippen molar-refractivity contribution in [2.45, 2.75) is 64.2 Å². The molecule has 0 saturated carbocycles. The molecule has 0 aliphatic carbocycles. The van der Waals surface area contributed by atoms with Gasteiger partial charge in [-0.2, -0.15) is 0 Å². The lowest BCUT2D eigenvalue weighted by molar-refractivity contribution is -0.271. The molecule has 0 spiro atoms. The SMILES string of the molecule is C=CCO[C@@H]1O[C@@H](C)[C@H](OC(C)=O)[C@H]2OC(C)(C)O[C@@H]12. The monoisotopic (exact) mass is 286 g/mol. The van der Waals surface area contributed by atoms with Gasteiger partial charge in [-0.15, -0.1) is 6.58 Å². The van der Waals surface area contributed by atoms with Gasteiger partial charge in [-0.1, -0.05) is 6.08 Å². The minimum Gasteiger partial charge on any atom is -0.457 e. The highest BCUT2D eigenvalue weighted by molar-refractivity contribution is 5.66. The van der Waals surface area contributed by atoms with E-state index in [2.05, 4.69) is 6.58 Å². The average Bonchev–Trinajstić information content (AvgIpc) is 2.66. The van der Waals surface area contributed by atoms with Gasteiger partial charge >= 0.3 is 5.97 Å². The van der Waals surface area contributed by atoms with Gasteiger partial charge < -0.3 is 23.7 Å². The van der Waals surface area contributed by atoms with Crippen molar-refractivity contribution < 1.29 is 28.5 Å². The Bertz CT molecular complexity index is 380. The lowest BCUT2D eigenvalue weighted by atomic mass is 10.00. The Morgan fingerprint density at radius 3 is 2.60 bits per heavy atom. The quantitative estimate of drug-likeness (QED) is 0.575. The van der Waals surface area contributed by atoms with Crippen LogP contribution in [0, 0.1) is 0 Å². The summed E-state index contributed by atoms with van der Waals surface area (Å²) >= 11 is 0. The smallest absolute Gasteiger partial charge is 0.303 e. The van der Waals surface area contributed by atoms with E-state index in [0.29, 0.717) is 6.61 Å². The van der Waals surface area contributed by atoms with E-state index in [1.54, 1.807) is 6.08 Å². The van der Waals surface area contributed by atoms with Crippen LogP contribution in [0.3, 0.4) is 0 Å². The number of carbonyl (C=O) groups excluding carboxylic acids is 1. The summed E-state index contributed by atoms with van der Waals surface area (Å²) < 4.78 is 28.3. The lowest BCUT2D eigenvalue weighted by Crippen LogP contribution is -2.57. The highest BCUT2D eigenvalue weighted by Gasteiger charge is 2.56. The maximum atomic E-state index is 11.2. The van der Waals surface area contributed by atoms with Crippen LogP contribution in [0.5, 0.6) is 0 Å². The molecule has 2 rings (SSSR count). The Morgan fingerprint density at radius 2 is 2.00 bits per heavy atom. The van der Waals surface area contributed by atoms with Crippen molar-refractivity contribution in [2.24, 2.45) is 0 Å². The van der Waals surface area contributed by atoms with E-state index >= 15 is 0 Å². The van der Waals surface area contributed by atoms with Gasteiger partial charge in [-0.3, -0.25) is 4.79 Å². The number of fused-ring (bicyclic) bond motifs is 1. The van der Waals surface area contributed by atoms with E-state index in [1.165, 1.54) is 6.92 Å². The third-order valence-electron chi connectivity index (χ3n) is 3.25. The standard InChI is InChI=1S/C14H22O6/c1-6-7-16-13-12-11(19-14(4,5)20-12)10(8(2)17-13)18-9(3)15/h6,8,10-13H,1,7H2,2-5H3/t8-,10-,11+,12+,13+/m0/s1. The zero-order valence-electron chi connectivity index (χ0n) is 12.3. The Balaban J connectivity index is 2.17. The van der Waals surface area contributed by atoms with Gasteiger partial charge in [0.1, 0.15) is 12.2 Å². The normalized spacial score (nSPS) is 39.1. The predicted molar refractivity (Wildman–Crippen MR) is 69.9 cm³/mol. The second-order valence-electron chi connectivity index (χ2n) is 5.47. The van der Waals surface area contributed by atoms with Crippen LogP contribution in [0.2, 0.25) is 0 Å². The molecule has 2 fully saturated rings. The molecule has 2 saturated heterocycles. The van der Waals surface area contributed by atoms with Crippen LogP contribution in [0.25, 0.3) is 0 Å². The molecule has 6 heteroatoms. The van der Waals surface area contributed by atoms with E-state index in [9.17, 15) is 4.79 Å². The highest BCUT2D eigenvalue weighted by atomic mass is 16.8. The fourth-order valence-corrected chi connectivity index (χ4v) is 2.57. The largest absolute Gasteiger partial charge is 0.457 e. The first-order valence-electron chi connectivity index (χ1n) is 6.75. The van der Waals surface area contributed by atoms with Gasteiger partial charge in [0.15, 0.2) is 18.2 Å². The molecular weight excluding hydrogens is 264 g/mol. The fraction of sp³-hybridized carbons (Fsp3) is 0.786. The number of hydrogen-bond acceptors (Lipinski definition) is 6. The fourth-order valence-electron chi connectivity index (χ4n) is 2.57. The van der Waals surface area contributed by atoms with Gasteiger partial charge in [0.25, 0.3) is 0 Å². The summed E-state index contributed by atoms with van der Waals surface area (Å²) in [5.41, 5.74) is 0. The summed E-state index contributed by atoms with van der Waals surface area (Å²) in [4.78, 5) is 11.2. The third-order valence-corrected chi connectivity index (χ3v) is 3.25. The van der Waals surface area contributed by atoms with E-state index in [1.807, 2.05) is 20.8 Å². The molecule has 0 unspecified atom stereocenters. The Morgan fingerprint density at radius 1 is 1.35 bits per heavy atom. The molecule has 5 atom stereocenters. The predicted octanol–water partition coefficient (Wildman–Crippen LogP) is 1.39. The zero-order chi connectivity index (χ0) is 14.9. The Hall–Kier alpha value is -0.950. The van der Waals surface area contributed by atoms with Gasteiger partial charge in [0.05, 0.1) is 12.7 Å². The van der Waals surface area contributed by atoms with E-state index in [0.717, 1.165) is 0 Å². The molecule has 2 aliphatic rings. The molecule has 6 nitrogen and oxygen atoms in total. The van der Waals surface area contributed by atoms with Crippen molar-refractivity contribution in [1.29, 1.82) is 0 Å². The van der Waals surface area contributed by atoms with Gasteiger partial charge in [0.2, 0.25) is 0 Å². The maximum absolute atomic E-state index is 11.2. The molecule has 20 heavy (non-hydrogen) atoms. The van der Waals surface area contributed by atoms with Gasteiger partial charge in [-0.25, -0.2) is 0 Å². The number of rotatable bonds is 4. The van der Waals surface area contributed by atoms with Crippen molar-refractivity contribution in [3.8, 4) is 0 Å². The molecule has 0 bridgehead atoms. The first-order valence-corrected chi connectivity index (χ1v) is 6.75. The molecule has 2 heterocycles. The molecule has 0 radical (unpaired) electrons. The van der Waals surface area contributed by atoms with Crippen LogP contribution >= 0.6 is 0 Å². The van der Waals surface area contributed by atoms with Crippen LogP contribution in [-0.4, -0.2) is 49.1 Å². The van der Waals surface area contributed by atoms with Crippen molar-refractivity contribution in [3.63, 3.8) is 0 Å². The number of carbonyl (C=O) groups is 1. The minimum atomic E-state index is -0.767. The van der Waals surface area contributed by atoms with Gasteiger partial charge in [0, 0.05) is 6.92 Å². The van der Waals surface area contributed by atoms with Crippen LogP contribution in [0.15, 0.2) is 12.7 Å². The summed E-state index contributed by atoms with van der Waals surface area (Å²) in [5, 5.41) is 0. The van der Waals surface area contributed by atoms with Crippen molar-refractivity contribution in [3.05, 3.63) is 12.7 Å². The summed E-state index contributed by atoms with van der Waals surface area (Å²) in [5.74, 6) is -1.14. The van der Waals surface area contributed by atoms with E-state index < -0.39 is 30.4 Å². The Labute approximate surface area is 119 Å². The molecule has 2 aliphatic heterocycles.